The molecule has 1 nitrogen and oxygen atoms in total. The van der Waals surface area contributed by atoms with E-state index >= 15 is 0 Å². The summed E-state index contributed by atoms with van der Waals surface area (Å²) in [5.41, 5.74) is 4.77. The van der Waals surface area contributed by atoms with Gasteiger partial charge in [-0.3, -0.25) is 4.98 Å². The summed E-state index contributed by atoms with van der Waals surface area (Å²) in [7, 11) is 0. The van der Waals surface area contributed by atoms with Crippen LogP contribution in [0.5, 0.6) is 0 Å². The van der Waals surface area contributed by atoms with Crippen LogP contribution >= 0.6 is 0 Å². The standard InChI is InChI=1S/C19H16FN/c1-13-4-9-18(21-12-13)19-10-2-3-16(17(19)11-19)14-5-7-15(20)8-6-14/h2-10,12,17H,11H2,1H3. The minimum Gasteiger partial charge on any atom is -0.260 e. The van der Waals surface area contributed by atoms with Crippen molar-refractivity contribution in [2.24, 2.45) is 5.92 Å². The zero-order valence-corrected chi connectivity index (χ0v) is 11.9. The molecule has 104 valence electrons. The molecule has 1 aromatic carbocycles. The van der Waals surface area contributed by atoms with Gasteiger partial charge < -0.3 is 0 Å². The van der Waals surface area contributed by atoms with Gasteiger partial charge >= 0.3 is 0 Å². The van der Waals surface area contributed by atoms with Crippen LogP contribution in [0, 0.1) is 18.7 Å². The Morgan fingerprint density at radius 2 is 1.95 bits per heavy atom. The lowest BCUT2D eigenvalue weighted by Crippen LogP contribution is -2.12. The molecule has 1 aromatic heterocycles. The lowest BCUT2D eigenvalue weighted by atomic mass is 9.87. The third kappa shape index (κ3) is 1.94. The molecule has 0 saturated heterocycles. The summed E-state index contributed by atoms with van der Waals surface area (Å²) in [6.07, 6.45) is 9.55. The van der Waals surface area contributed by atoms with Crippen molar-refractivity contribution in [2.75, 3.05) is 0 Å². The van der Waals surface area contributed by atoms with E-state index < -0.39 is 0 Å². The van der Waals surface area contributed by atoms with Gasteiger partial charge in [-0.25, -0.2) is 4.39 Å². The molecule has 0 amide bonds. The first-order chi connectivity index (χ1) is 10.2. The van der Waals surface area contributed by atoms with E-state index in [9.17, 15) is 4.39 Å². The van der Waals surface area contributed by atoms with E-state index in [1.165, 1.54) is 23.3 Å². The van der Waals surface area contributed by atoms with Gasteiger partial charge in [0.05, 0.1) is 5.69 Å². The lowest BCUT2D eigenvalue weighted by Gasteiger charge is -2.18. The summed E-state index contributed by atoms with van der Waals surface area (Å²) in [5, 5.41) is 0. The molecule has 2 aliphatic rings. The molecule has 0 bridgehead atoms. The second kappa shape index (κ2) is 4.39. The van der Waals surface area contributed by atoms with Gasteiger partial charge in [0.25, 0.3) is 0 Å². The quantitative estimate of drug-likeness (QED) is 0.790. The summed E-state index contributed by atoms with van der Waals surface area (Å²) in [6, 6.07) is 11.0. The van der Waals surface area contributed by atoms with Crippen molar-refractivity contribution in [3.8, 4) is 0 Å². The molecule has 1 heterocycles. The summed E-state index contributed by atoms with van der Waals surface area (Å²) in [4.78, 5) is 4.62. The fraction of sp³-hybridized carbons (Fsp3) is 0.211. The van der Waals surface area contributed by atoms with Gasteiger partial charge in [0.15, 0.2) is 0 Å². The van der Waals surface area contributed by atoms with E-state index in [1.807, 2.05) is 18.3 Å². The van der Waals surface area contributed by atoms with Gasteiger partial charge in [-0.2, -0.15) is 0 Å². The van der Waals surface area contributed by atoms with Crippen LogP contribution in [-0.4, -0.2) is 4.98 Å². The first-order valence-electron chi connectivity index (χ1n) is 7.27. The van der Waals surface area contributed by atoms with E-state index in [4.69, 9.17) is 0 Å². The number of nitrogens with zero attached hydrogens (tertiary/aromatic N) is 1. The molecule has 0 spiro atoms. The zero-order valence-electron chi connectivity index (χ0n) is 11.9. The van der Waals surface area contributed by atoms with Crippen LogP contribution < -0.4 is 0 Å². The molecule has 2 atom stereocenters. The van der Waals surface area contributed by atoms with Crippen molar-refractivity contribution in [2.45, 2.75) is 18.8 Å². The number of fused-ring (bicyclic) bond motifs is 1. The van der Waals surface area contributed by atoms with Crippen molar-refractivity contribution in [3.05, 3.63) is 83.5 Å². The number of allylic oxidation sites excluding steroid dienone is 4. The molecular weight excluding hydrogens is 261 g/mol. The molecule has 1 saturated carbocycles. The maximum absolute atomic E-state index is 13.1. The van der Waals surface area contributed by atoms with E-state index in [0.29, 0.717) is 5.92 Å². The third-order valence-electron chi connectivity index (χ3n) is 4.61. The first kappa shape index (κ1) is 12.5. The van der Waals surface area contributed by atoms with Crippen molar-refractivity contribution in [1.29, 1.82) is 0 Å². The van der Waals surface area contributed by atoms with Crippen LogP contribution in [0.3, 0.4) is 0 Å². The Labute approximate surface area is 123 Å². The number of benzene rings is 1. The highest BCUT2D eigenvalue weighted by Gasteiger charge is 2.57. The summed E-state index contributed by atoms with van der Waals surface area (Å²) in [5.74, 6) is 0.274. The fourth-order valence-electron chi connectivity index (χ4n) is 3.34. The Kier molecular flexibility index (Phi) is 2.61. The molecule has 0 N–H and O–H groups in total. The number of aromatic nitrogens is 1. The summed E-state index contributed by atoms with van der Waals surface area (Å²) < 4.78 is 13.1. The Balaban J connectivity index is 1.69. The van der Waals surface area contributed by atoms with E-state index in [2.05, 4.69) is 42.3 Å². The fourth-order valence-corrected chi connectivity index (χ4v) is 3.34. The van der Waals surface area contributed by atoms with E-state index in [-0.39, 0.29) is 11.2 Å². The molecule has 1 fully saturated rings. The number of pyridine rings is 1. The lowest BCUT2D eigenvalue weighted by molar-refractivity contribution is 0.627. The second-order valence-corrected chi connectivity index (χ2v) is 6.01. The van der Waals surface area contributed by atoms with Gasteiger partial charge in [-0.15, -0.1) is 0 Å². The van der Waals surface area contributed by atoms with Crippen LogP contribution in [0.4, 0.5) is 4.39 Å². The van der Waals surface area contributed by atoms with Gasteiger partial charge in [-0.1, -0.05) is 36.4 Å². The molecule has 2 heteroatoms. The Morgan fingerprint density at radius 1 is 1.14 bits per heavy atom. The molecule has 0 aliphatic heterocycles. The van der Waals surface area contributed by atoms with Crippen LogP contribution in [0.2, 0.25) is 0 Å². The first-order valence-corrected chi connectivity index (χ1v) is 7.27. The monoisotopic (exact) mass is 277 g/mol. The molecule has 2 aromatic rings. The molecular formula is C19H16FN. The number of aryl methyl sites for hydroxylation is 1. The van der Waals surface area contributed by atoms with E-state index in [0.717, 1.165) is 17.7 Å². The van der Waals surface area contributed by atoms with Crippen LogP contribution in [0.15, 0.2) is 60.8 Å². The minimum absolute atomic E-state index is 0.0478. The number of hydrogen-bond donors (Lipinski definition) is 0. The number of halogens is 1. The predicted octanol–water partition coefficient (Wildman–Crippen LogP) is 4.44. The molecule has 2 aliphatic carbocycles. The van der Waals surface area contributed by atoms with Gasteiger partial charge in [-0.05, 0) is 48.2 Å². The minimum atomic E-state index is -0.187. The smallest absolute Gasteiger partial charge is 0.123 e. The second-order valence-electron chi connectivity index (χ2n) is 6.01. The number of rotatable bonds is 2. The van der Waals surface area contributed by atoms with Crippen LogP contribution in [0.25, 0.3) is 5.57 Å². The Bertz CT molecular complexity index is 740. The molecule has 0 radical (unpaired) electrons. The van der Waals surface area contributed by atoms with Crippen LogP contribution in [-0.2, 0) is 5.41 Å². The topological polar surface area (TPSA) is 12.9 Å². The zero-order chi connectivity index (χ0) is 14.4. The van der Waals surface area contributed by atoms with Gasteiger partial charge in [0.2, 0.25) is 0 Å². The summed E-state index contributed by atoms with van der Waals surface area (Å²) >= 11 is 0. The van der Waals surface area contributed by atoms with Crippen molar-refractivity contribution < 1.29 is 4.39 Å². The van der Waals surface area contributed by atoms with E-state index in [1.54, 1.807) is 0 Å². The number of hydrogen-bond acceptors (Lipinski definition) is 1. The normalized spacial score (nSPS) is 26.2. The largest absolute Gasteiger partial charge is 0.260 e. The molecule has 4 rings (SSSR count). The van der Waals surface area contributed by atoms with Gasteiger partial charge in [0, 0.05) is 17.5 Å². The maximum Gasteiger partial charge on any atom is 0.123 e. The predicted molar refractivity (Wildman–Crippen MR) is 82.3 cm³/mol. The highest BCUT2D eigenvalue weighted by atomic mass is 19.1. The van der Waals surface area contributed by atoms with Crippen molar-refractivity contribution >= 4 is 5.57 Å². The molecule has 21 heavy (non-hydrogen) atoms. The SMILES string of the molecule is Cc1ccc(C23C=CC=C(c4ccc(F)cc4)C2C3)nc1. The molecule has 2 unspecified atom stereocenters. The Morgan fingerprint density at radius 3 is 2.67 bits per heavy atom. The van der Waals surface area contributed by atoms with Crippen molar-refractivity contribution in [3.63, 3.8) is 0 Å². The van der Waals surface area contributed by atoms with Gasteiger partial charge in [0.1, 0.15) is 5.82 Å². The highest BCUT2D eigenvalue weighted by Crippen LogP contribution is 2.62. The Hall–Kier alpha value is -2.22. The maximum atomic E-state index is 13.1. The average Bonchev–Trinajstić information content (AvgIpc) is 3.24. The highest BCUT2D eigenvalue weighted by molar-refractivity contribution is 5.76. The van der Waals surface area contributed by atoms with Crippen LogP contribution in [0.1, 0.15) is 23.2 Å². The summed E-state index contributed by atoms with van der Waals surface area (Å²) in [6.45, 7) is 2.05. The third-order valence-corrected chi connectivity index (χ3v) is 4.61. The average molecular weight is 277 g/mol. The van der Waals surface area contributed by atoms with Crippen molar-refractivity contribution in [1.82, 2.24) is 4.98 Å².